The Balaban J connectivity index is 2.24. The number of carbonyl (C=O) groups is 1. The Morgan fingerprint density at radius 1 is 1.56 bits per heavy atom. The van der Waals surface area contributed by atoms with Crippen molar-refractivity contribution in [2.75, 3.05) is 6.61 Å². The molecule has 6 nitrogen and oxygen atoms in total. The summed E-state index contributed by atoms with van der Waals surface area (Å²) in [6.07, 6.45) is -5.21. The van der Waals surface area contributed by atoms with Gasteiger partial charge in [-0.1, -0.05) is 5.16 Å². The molecule has 0 aliphatic heterocycles. The predicted octanol–water partition coefficient (Wildman–Crippen LogP) is 1.14. The van der Waals surface area contributed by atoms with Crippen molar-refractivity contribution < 1.29 is 27.2 Å². The summed E-state index contributed by atoms with van der Waals surface area (Å²) in [5, 5.41) is 3.40. The highest BCUT2D eigenvalue weighted by Gasteiger charge is 2.25. The van der Waals surface area contributed by atoms with E-state index in [1.165, 1.54) is 6.07 Å². The van der Waals surface area contributed by atoms with Crippen molar-refractivity contribution in [1.82, 2.24) is 10.6 Å². The molecule has 0 saturated carbocycles. The second kappa shape index (κ2) is 6.36. The van der Waals surface area contributed by atoms with Crippen LogP contribution in [0.25, 0.3) is 0 Å². The van der Waals surface area contributed by atoms with E-state index in [1.807, 2.05) is 5.43 Å². The molecule has 1 aromatic rings. The number of hydrogen-bond acceptors (Lipinski definition) is 5. The molecular weight excluding hydrogens is 255 g/mol. The molecule has 102 valence electrons. The fourth-order valence-electron chi connectivity index (χ4n) is 1.11. The van der Waals surface area contributed by atoms with E-state index in [-0.39, 0.29) is 31.1 Å². The van der Waals surface area contributed by atoms with E-state index in [2.05, 4.69) is 5.16 Å². The number of hydrazine groups is 1. The van der Waals surface area contributed by atoms with E-state index in [0.29, 0.717) is 0 Å². The third-order valence-corrected chi connectivity index (χ3v) is 1.92. The van der Waals surface area contributed by atoms with Crippen molar-refractivity contribution in [2.24, 2.45) is 5.84 Å². The summed E-state index contributed by atoms with van der Waals surface area (Å²) in [5.41, 5.74) is 1.84. The topological polar surface area (TPSA) is 90.4 Å². The van der Waals surface area contributed by atoms with Crippen molar-refractivity contribution in [3.8, 4) is 0 Å². The molecule has 0 aliphatic rings. The number of hydrogen-bond donors (Lipinski definition) is 2. The molecule has 0 unspecified atom stereocenters. The third kappa shape index (κ3) is 5.15. The van der Waals surface area contributed by atoms with Gasteiger partial charge in [0.1, 0.15) is 6.61 Å². The Morgan fingerprint density at radius 2 is 2.28 bits per heavy atom. The van der Waals surface area contributed by atoms with Gasteiger partial charge in [0.05, 0.1) is 0 Å². The number of aromatic nitrogens is 1. The molecule has 0 saturated heterocycles. The van der Waals surface area contributed by atoms with E-state index in [4.69, 9.17) is 15.1 Å². The van der Waals surface area contributed by atoms with Gasteiger partial charge in [-0.15, -0.1) is 0 Å². The number of halogens is 3. The minimum Gasteiger partial charge on any atom is -0.373 e. The summed E-state index contributed by atoms with van der Waals surface area (Å²) in [6.45, 7) is -0.110. The van der Waals surface area contributed by atoms with Crippen molar-refractivity contribution in [3.05, 3.63) is 17.5 Å². The molecular formula is C9H12F3N3O3. The summed E-state index contributed by atoms with van der Waals surface area (Å²) in [5.74, 6) is 4.49. The van der Waals surface area contributed by atoms with Crippen LogP contribution in [0.15, 0.2) is 10.6 Å². The highest BCUT2D eigenvalue weighted by Crippen LogP contribution is 2.21. The largest absolute Gasteiger partial charge is 0.389 e. The Labute approximate surface area is 100 Å². The summed E-state index contributed by atoms with van der Waals surface area (Å²) < 4.78 is 45.1. The average Bonchev–Trinajstić information content (AvgIpc) is 2.75. The quantitative estimate of drug-likeness (QED) is 0.349. The number of amides is 1. The Morgan fingerprint density at radius 3 is 2.89 bits per heavy atom. The molecule has 1 heterocycles. The molecule has 0 aromatic carbocycles. The van der Waals surface area contributed by atoms with Crippen LogP contribution in [-0.4, -0.2) is 23.8 Å². The van der Waals surface area contributed by atoms with E-state index in [0.717, 1.165) is 0 Å². The maximum Gasteiger partial charge on any atom is 0.389 e. The van der Waals surface area contributed by atoms with Crippen LogP contribution in [0, 0.1) is 0 Å². The van der Waals surface area contributed by atoms with Crippen LogP contribution >= 0.6 is 0 Å². The Kier molecular flexibility index (Phi) is 5.10. The van der Waals surface area contributed by atoms with E-state index < -0.39 is 18.5 Å². The highest BCUT2D eigenvalue weighted by atomic mass is 19.4. The van der Waals surface area contributed by atoms with Gasteiger partial charge < -0.3 is 9.26 Å². The van der Waals surface area contributed by atoms with Crippen molar-refractivity contribution in [2.45, 2.75) is 25.6 Å². The molecule has 0 atom stereocenters. The Bertz CT molecular complexity index is 392. The first-order valence-corrected chi connectivity index (χ1v) is 5.03. The van der Waals surface area contributed by atoms with Gasteiger partial charge in [0.15, 0.2) is 11.5 Å². The average molecular weight is 267 g/mol. The summed E-state index contributed by atoms with van der Waals surface area (Å²) in [7, 11) is 0. The van der Waals surface area contributed by atoms with Gasteiger partial charge in [0.2, 0.25) is 0 Å². The second-order valence-corrected chi connectivity index (χ2v) is 3.42. The zero-order chi connectivity index (χ0) is 13.6. The lowest BCUT2D eigenvalue weighted by atomic mass is 10.3. The first-order valence-electron chi connectivity index (χ1n) is 5.03. The van der Waals surface area contributed by atoms with Gasteiger partial charge in [0.25, 0.3) is 5.91 Å². The standard InChI is InChI=1S/C9H12F3N3O3/c10-9(11,12)2-1-3-17-5-6-4-7(15-18-6)8(16)14-13/h4H,1-3,5,13H2,(H,14,16). The van der Waals surface area contributed by atoms with Crippen LogP contribution in [0.4, 0.5) is 13.2 Å². The van der Waals surface area contributed by atoms with E-state index in [1.54, 1.807) is 0 Å². The second-order valence-electron chi connectivity index (χ2n) is 3.42. The van der Waals surface area contributed by atoms with Gasteiger partial charge in [-0.3, -0.25) is 10.2 Å². The van der Waals surface area contributed by atoms with Gasteiger partial charge in [-0.05, 0) is 6.42 Å². The number of rotatable bonds is 6. The van der Waals surface area contributed by atoms with Crippen LogP contribution in [0.1, 0.15) is 29.1 Å². The predicted molar refractivity (Wildman–Crippen MR) is 53.1 cm³/mol. The molecule has 0 aliphatic carbocycles. The van der Waals surface area contributed by atoms with Gasteiger partial charge in [0, 0.05) is 19.1 Å². The van der Waals surface area contributed by atoms with Crippen LogP contribution < -0.4 is 11.3 Å². The monoisotopic (exact) mass is 267 g/mol. The SMILES string of the molecule is NNC(=O)c1cc(COCCCC(F)(F)F)on1. The van der Waals surface area contributed by atoms with Crippen LogP contribution in [-0.2, 0) is 11.3 Å². The lowest BCUT2D eigenvalue weighted by Crippen LogP contribution is -2.30. The number of carbonyl (C=O) groups excluding carboxylic acids is 1. The zero-order valence-electron chi connectivity index (χ0n) is 9.29. The van der Waals surface area contributed by atoms with Crippen LogP contribution in [0.5, 0.6) is 0 Å². The first kappa shape index (κ1) is 14.5. The molecule has 1 amide bonds. The fourth-order valence-corrected chi connectivity index (χ4v) is 1.11. The number of ether oxygens (including phenoxy) is 1. The number of alkyl halides is 3. The normalized spacial score (nSPS) is 11.6. The maximum atomic E-state index is 11.8. The third-order valence-electron chi connectivity index (χ3n) is 1.92. The summed E-state index contributed by atoms with van der Waals surface area (Å²) in [4.78, 5) is 11.0. The molecule has 0 fully saturated rings. The van der Waals surface area contributed by atoms with Crippen molar-refractivity contribution in [1.29, 1.82) is 0 Å². The van der Waals surface area contributed by atoms with Crippen molar-refractivity contribution in [3.63, 3.8) is 0 Å². The Hall–Kier alpha value is -1.61. The van der Waals surface area contributed by atoms with Crippen LogP contribution in [0.2, 0.25) is 0 Å². The number of nitrogen functional groups attached to an aromatic ring is 1. The number of nitrogens with one attached hydrogen (secondary N) is 1. The van der Waals surface area contributed by atoms with Gasteiger partial charge >= 0.3 is 6.18 Å². The maximum absolute atomic E-state index is 11.8. The number of nitrogens with two attached hydrogens (primary N) is 1. The summed E-state index contributed by atoms with van der Waals surface area (Å²) in [6, 6.07) is 1.30. The lowest BCUT2D eigenvalue weighted by molar-refractivity contribution is -0.138. The minimum atomic E-state index is -4.18. The van der Waals surface area contributed by atoms with Crippen molar-refractivity contribution >= 4 is 5.91 Å². The minimum absolute atomic E-state index is 0.0219. The molecule has 0 bridgehead atoms. The van der Waals surface area contributed by atoms with E-state index in [9.17, 15) is 18.0 Å². The molecule has 0 spiro atoms. The fraction of sp³-hybridized carbons (Fsp3) is 0.556. The van der Waals surface area contributed by atoms with Gasteiger partial charge in [-0.25, -0.2) is 5.84 Å². The molecule has 3 N–H and O–H groups in total. The highest BCUT2D eigenvalue weighted by molar-refractivity contribution is 5.91. The lowest BCUT2D eigenvalue weighted by Gasteiger charge is -2.05. The van der Waals surface area contributed by atoms with Gasteiger partial charge in [-0.2, -0.15) is 13.2 Å². The molecule has 1 rings (SSSR count). The summed E-state index contributed by atoms with van der Waals surface area (Å²) >= 11 is 0. The molecule has 18 heavy (non-hydrogen) atoms. The molecule has 0 radical (unpaired) electrons. The molecule has 9 heteroatoms. The molecule has 1 aromatic heterocycles. The number of nitrogens with zero attached hydrogens (tertiary/aromatic N) is 1. The van der Waals surface area contributed by atoms with Crippen LogP contribution in [0.3, 0.4) is 0 Å². The zero-order valence-corrected chi connectivity index (χ0v) is 9.29. The first-order chi connectivity index (χ1) is 8.42. The van der Waals surface area contributed by atoms with E-state index >= 15 is 0 Å². The smallest absolute Gasteiger partial charge is 0.373 e.